The van der Waals surface area contributed by atoms with Crippen LogP contribution in [0.15, 0.2) is 0 Å². The van der Waals surface area contributed by atoms with Crippen LogP contribution in [0.2, 0.25) is 0 Å². The lowest BCUT2D eigenvalue weighted by Gasteiger charge is -2.26. The molecule has 1 atom stereocenters. The number of hydrazine groups is 1. The van der Waals surface area contributed by atoms with Crippen LogP contribution in [0.1, 0.15) is 0 Å². The van der Waals surface area contributed by atoms with E-state index in [1.165, 1.54) is 0 Å². The van der Waals surface area contributed by atoms with Crippen molar-refractivity contribution in [3.63, 3.8) is 0 Å². The van der Waals surface area contributed by atoms with Gasteiger partial charge in [-0.15, -0.1) is 0 Å². The highest BCUT2D eigenvalue weighted by molar-refractivity contribution is 4.58. The number of nitro groups is 2. The molecule has 8 nitrogen and oxygen atoms in total. The molecule has 0 aromatic carbocycles. The minimum atomic E-state index is -1.35. The van der Waals surface area contributed by atoms with Gasteiger partial charge in [-0.25, -0.2) is 15.4 Å². The summed E-state index contributed by atoms with van der Waals surface area (Å²) in [7, 11) is 0. The lowest BCUT2D eigenvalue weighted by Crippen LogP contribution is -2.67. The molecule has 0 radical (unpaired) electrons. The summed E-state index contributed by atoms with van der Waals surface area (Å²) in [5.74, 6) is 0. The summed E-state index contributed by atoms with van der Waals surface area (Å²) < 4.78 is 0. The topological polar surface area (TPSA) is 102 Å². The van der Waals surface area contributed by atoms with Crippen molar-refractivity contribution < 1.29 is 9.96 Å². The van der Waals surface area contributed by atoms with Gasteiger partial charge >= 0.3 is 6.29 Å². The highest BCUT2D eigenvalue weighted by Gasteiger charge is 2.45. The predicted octanol–water partition coefficient (Wildman–Crippen LogP) is -1.40. The normalized spacial score (nSPS) is 23.6. The Morgan fingerprint density at radius 2 is 2.10 bits per heavy atom. The second-order valence-corrected chi connectivity index (χ2v) is 1.70. The van der Waals surface area contributed by atoms with Gasteiger partial charge < -0.3 is 0 Å². The minimum Gasteiger partial charge on any atom is -0.261 e. The molecule has 1 unspecified atom stereocenters. The van der Waals surface area contributed by atoms with Gasteiger partial charge in [0.2, 0.25) is 0 Å². The largest absolute Gasteiger partial charge is 0.397 e. The molecule has 0 aliphatic carbocycles. The zero-order valence-electron chi connectivity index (χ0n) is 4.76. The van der Waals surface area contributed by atoms with E-state index < -0.39 is 16.2 Å². The molecular weight excluding hydrogens is 144 g/mol. The van der Waals surface area contributed by atoms with E-state index in [9.17, 15) is 20.2 Å². The molecule has 8 heteroatoms. The molecule has 56 valence electrons. The molecule has 1 aliphatic rings. The highest BCUT2D eigenvalue weighted by atomic mass is 16.7. The Morgan fingerprint density at radius 3 is 2.20 bits per heavy atom. The van der Waals surface area contributed by atoms with Gasteiger partial charge in [-0.3, -0.25) is 10.1 Å². The van der Waals surface area contributed by atoms with Gasteiger partial charge in [0, 0.05) is 0 Å². The molecule has 0 amide bonds. The summed E-state index contributed by atoms with van der Waals surface area (Å²) >= 11 is 0. The quantitative estimate of drug-likeness (QED) is 0.381. The minimum absolute atomic E-state index is 0.0708. The molecular formula is C2H4N4O4. The van der Waals surface area contributed by atoms with E-state index in [1.54, 1.807) is 0 Å². The third-order valence-corrected chi connectivity index (χ3v) is 1.13. The summed E-state index contributed by atoms with van der Waals surface area (Å²) in [5, 5.41) is 21.7. The summed E-state index contributed by atoms with van der Waals surface area (Å²) in [4.78, 5) is 19.0. The Morgan fingerprint density at radius 1 is 1.50 bits per heavy atom. The summed E-state index contributed by atoms with van der Waals surface area (Å²) in [5.41, 5.74) is 0. The zero-order valence-corrected chi connectivity index (χ0v) is 4.76. The number of hydrogen-bond acceptors (Lipinski definition) is 5. The molecule has 1 aliphatic heterocycles. The summed E-state index contributed by atoms with van der Waals surface area (Å²) in [6.07, 6.45) is -1.35. The molecule has 0 spiro atoms. The molecule has 0 bridgehead atoms. The lowest BCUT2D eigenvalue weighted by atomic mass is 10.6. The van der Waals surface area contributed by atoms with Crippen molar-refractivity contribution in [3.8, 4) is 0 Å². The van der Waals surface area contributed by atoms with Gasteiger partial charge in [-0.2, -0.15) is 0 Å². The fourth-order valence-corrected chi connectivity index (χ4v) is 0.585. The number of rotatable bonds is 2. The van der Waals surface area contributed by atoms with Crippen LogP contribution in [0, 0.1) is 20.2 Å². The highest BCUT2D eigenvalue weighted by Crippen LogP contribution is 2.04. The SMILES string of the molecule is O=[N+]([O-])C1NCN1[N+](=O)[O-]. The maximum Gasteiger partial charge on any atom is 0.397 e. The van der Waals surface area contributed by atoms with E-state index in [0.29, 0.717) is 5.01 Å². The maximum atomic E-state index is 9.89. The first kappa shape index (κ1) is 6.68. The fourth-order valence-electron chi connectivity index (χ4n) is 0.585. The van der Waals surface area contributed by atoms with Crippen molar-refractivity contribution in [3.05, 3.63) is 20.2 Å². The zero-order chi connectivity index (χ0) is 7.72. The molecule has 10 heavy (non-hydrogen) atoms. The van der Waals surface area contributed by atoms with Crippen molar-refractivity contribution >= 4 is 0 Å². The van der Waals surface area contributed by atoms with Crippen molar-refractivity contribution in [1.82, 2.24) is 10.3 Å². The van der Waals surface area contributed by atoms with Crippen molar-refractivity contribution in [2.45, 2.75) is 6.29 Å². The van der Waals surface area contributed by atoms with Gasteiger partial charge in [0.15, 0.2) is 5.03 Å². The van der Waals surface area contributed by atoms with Crippen LogP contribution < -0.4 is 5.32 Å². The van der Waals surface area contributed by atoms with Crippen LogP contribution >= 0.6 is 0 Å². The van der Waals surface area contributed by atoms with Gasteiger partial charge in [0.25, 0.3) is 0 Å². The average Bonchev–Trinajstić information content (AvgIpc) is 1.56. The van der Waals surface area contributed by atoms with Crippen LogP contribution in [-0.2, 0) is 0 Å². The summed E-state index contributed by atoms with van der Waals surface area (Å²) in [6, 6.07) is 0. The third-order valence-electron chi connectivity index (χ3n) is 1.13. The van der Waals surface area contributed by atoms with Crippen LogP contribution in [0.4, 0.5) is 0 Å². The Kier molecular flexibility index (Phi) is 1.38. The Balaban J connectivity index is 2.51. The van der Waals surface area contributed by atoms with Gasteiger partial charge in [0.1, 0.15) is 6.67 Å². The second-order valence-electron chi connectivity index (χ2n) is 1.70. The summed E-state index contributed by atoms with van der Waals surface area (Å²) in [6.45, 7) is -0.0708. The van der Waals surface area contributed by atoms with Crippen LogP contribution in [0.5, 0.6) is 0 Å². The van der Waals surface area contributed by atoms with E-state index in [0.717, 1.165) is 0 Å². The standard InChI is InChI=1S/C2H4N4O4/c7-5(8)2-3-1-4(2)6(9)10/h2-3H,1H2. The molecule has 0 saturated carbocycles. The second kappa shape index (κ2) is 2.06. The van der Waals surface area contributed by atoms with Crippen molar-refractivity contribution in [1.29, 1.82) is 0 Å². The number of nitrogens with one attached hydrogen (secondary N) is 1. The maximum absolute atomic E-state index is 9.89. The van der Waals surface area contributed by atoms with E-state index in [2.05, 4.69) is 5.32 Å². The molecule has 0 aromatic heterocycles. The Labute approximate surface area is 54.7 Å². The first-order valence-electron chi connectivity index (χ1n) is 2.41. The van der Waals surface area contributed by atoms with Gasteiger partial charge in [0.05, 0.1) is 4.92 Å². The first-order chi connectivity index (χ1) is 4.63. The van der Waals surface area contributed by atoms with E-state index in [4.69, 9.17) is 0 Å². The Bertz CT molecular complexity index is 160. The van der Waals surface area contributed by atoms with Gasteiger partial charge in [-0.1, -0.05) is 0 Å². The number of nitrogens with zero attached hydrogens (tertiary/aromatic N) is 3. The fraction of sp³-hybridized carbons (Fsp3) is 1.00. The van der Waals surface area contributed by atoms with Crippen LogP contribution in [0.25, 0.3) is 0 Å². The monoisotopic (exact) mass is 148 g/mol. The Hall–Kier alpha value is -1.44. The molecule has 0 aromatic rings. The van der Waals surface area contributed by atoms with Gasteiger partial charge in [-0.05, 0) is 5.01 Å². The van der Waals surface area contributed by atoms with E-state index >= 15 is 0 Å². The molecule has 1 saturated heterocycles. The number of hydrogen-bond donors (Lipinski definition) is 1. The van der Waals surface area contributed by atoms with Crippen LogP contribution in [-0.4, -0.2) is 27.9 Å². The average molecular weight is 148 g/mol. The van der Waals surface area contributed by atoms with E-state index in [-0.39, 0.29) is 6.67 Å². The molecule has 1 heterocycles. The predicted molar refractivity (Wildman–Crippen MR) is 27.6 cm³/mol. The first-order valence-corrected chi connectivity index (χ1v) is 2.41. The molecule has 1 rings (SSSR count). The van der Waals surface area contributed by atoms with E-state index in [1.807, 2.05) is 0 Å². The smallest absolute Gasteiger partial charge is 0.261 e. The van der Waals surface area contributed by atoms with Crippen LogP contribution in [0.3, 0.4) is 0 Å². The van der Waals surface area contributed by atoms with Crippen molar-refractivity contribution in [2.75, 3.05) is 6.67 Å². The lowest BCUT2D eigenvalue weighted by molar-refractivity contribution is -0.761. The molecule has 1 fully saturated rings. The van der Waals surface area contributed by atoms with Crippen molar-refractivity contribution in [2.24, 2.45) is 0 Å². The molecule has 1 N–H and O–H groups in total. The third kappa shape index (κ3) is 0.838.